The number of hydrogen-bond donors (Lipinski definition) is 1. The van der Waals surface area contributed by atoms with Crippen molar-refractivity contribution in [2.75, 3.05) is 5.75 Å². The van der Waals surface area contributed by atoms with Crippen LogP contribution in [0.15, 0.2) is 0 Å². The molecule has 0 aliphatic rings. The molecule has 0 fully saturated rings. The molecule has 0 aromatic carbocycles. The van der Waals surface area contributed by atoms with Crippen LogP contribution in [-0.2, 0) is 10.1 Å². The summed E-state index contributed by atoms with van der Waals surface area (Å²) < 4.78 is 28.9. The van der Waals surface area contributed by atoms with E-state index in [1.54, 1.807) is 0 Å². The molecule has 0 bridgehead atoms. The second kappa shape index (κ2) is 9.12. The first kappa shape index (κ1) is 16.0. The van der Waals surface area contributed by atoms with Crippen molar-refractivity contribution in [2.45, 2.75) is 45.4 Å². The van der Waals surface area contributed by atoms with E-state index in [-0.39, 0.29) is 25.5 Å². The Kier molecular flexibility index (Phi) is 11.2. The Labute approximate surface area is 94.1 Å². The summed E-state index contributed by atoms with van der Waals surface area (Å²) in [6.07, 6.45) is 6.14. The summed E-state index contributed by atoms with van der Waals surface area (Å²) in [5.41, 5.74) is 0. The fraction of sp³-hybridized carbons (Fsp3) is 1.00. The van der Waals surface area contributed by atoms with E-state index in [1.165, 1.54) is 19.3 Å². The molecule has 0 aromatic rings. The maximum absolute atomic E-state index is 10.3. The molecular formula is C8H21GaO3S. The summed E-state index contributed by atoms with van der Waals surface area (Å²) >= 11 is 0. The second-order valence-corrected chi connectivity index (χ2v) is 4.63. The molecule has 1 N–H and O–H groups in total. The van der Waals surface area contributed by atoms with Gasteiger partial charge in [0.2, 0.25) is 0 Å². The number of rotatable bonds is 7. The van der Waals surface area contributed by atoms with Gasteiger partial charge in [0.25, 0.3) is 10.1 Å². The summed E-state index contributed by atoms with van der Waals surface area (Å²) in [5, 5.41) is 0. The van der Waals surface area contributed by atoms with Gasteiger partial charge < -0.3 is 0 Å². The molecule has 0 amide bonds. The van der Waals surface area contributed by atoms with E-state index in [9.17, 15) is 8.42 Å². The first-order valence-corrected chi connectivity index (χ1v) is 6.12. The molecule has 0 atom stereocenters. The number of unbranched alkanes of at least 4 members (excludes halogenated alkanes) is 5. The average molecular weight is 267 g/mol. The Bertz CT molecular complexity index is 190. The Morgan fingerprint density at radius 1 is 1.00 bits per heavy atom. The third-order valence-corrected chi connectivity index (χ3v) is 2.56. The summed E-state index contributed by atoms with van der Waals surface area (Å²) in [4.78, 5) is 0. The molecule has 0 saturated heterocycles. The average Bonchev–Trinajstić information content (AvgIpc) is 1.94. The van der Waals surface area contributed by atoms with Gasteiger partial charge in [-0.2, -0.15) is 8.42 Å². The van der Waals surface area contributed by atoms with Crippen molar-refractivity contribution in [1.29, 1.82) is 0 Å². The standard InChI is InChI=1S/C8H18O3S.Ga.3H/c1-2-3-4-5-6-7-8-12(9,10)11;;;;/h2-8H2,1H3,(H,9,10,11);;;;. The van der Waals surface area contributed by atoms with E-state index in [0.717, 1.165) is 12.8 Å². The van der Waals surface area contributed by atoms with Crippen molar-refractivity contribution in [3.05, 3.63) is 0 Å². The molecule has 13 heavy (non-hydrogen) atoms. The van der Waals surface area contributed by atoms with Crippen LogP contribution >= 0.6 is 0 Å². The zero-order chi connectivity index (χ0) is 9.45. The third-order valence-electron chi connectivity index (χ3n) is 1.76. The van der Waals surface area contributed by atoms with Crippen LogP contribution in [0.4, 0.5) is 0 Å². The normalized spacial score (nSPS) is 10.9. The molecule has 0 aliphatic heterocycles. The van der Waals surface area contributed by atoms with Gasteiger partial charge in [0.1, 0.15) is 0 Å². The zero-order valence-electron chi connectivity index (χ0n) is 7.62. The molecule has 0 aliphatic carbocycles. The molecular weight excluding hydrogens is 246 g/mol. The SMILES string of the molecule is CCCCCCCCS(=O)(=O)O.[GaH3]. The second-order valence-electron chi connectivity index (χ2n) is 3.05. The quantitative estimate of drug-likeness (QED) is 0.426. The molecule has 0 heterocycles. The monoisotopic (exact) mass is 266 g/mol. The Morgan fingerprint density at radius 3 is 1.92 bits per heavy atom. The van der Waals surface area contributed by atoms with E-state index in [1.807, 2.05) is 0 Å². The molecule has 3 nitrogen and oxygen atoms in total. The Morgan fingerprint density at radius 2 is 1.46 bits per heavy atom. The van der Waals surface area contributed by atoms with E-state index >= 15 is 0 Å². The van der Waals surface area contributed by atoms with Crippen LogP contribution in [0.5, 0.6) is 0 Å². The van der Waals surface area contributed by atoms with Gasteiger partial charge in [0.15, 0.2) is 0 Å². The van der Waals surface area contributed by atoms with Crippen LogP contribution in [-0.4, -0.2) is 38.5 Å². The fourth-order valence-corrected chi connectivity index (χ4v) is 1.63. The van der Waals surface area contributed by atoms with Crippen LogP contribution in [0, 0.1) is 0 Å². The van der Waals surface area contributed by atoms with E-state index in [2.05, 4.69) is 6.92 Å². The van der Waals surface area contributed by atoms with Gasteiger partial charge in [-0.3, -0.25) is 4.55 Å². The van der Waals surface area contributed by atoms with Crippen molar-refractivity contribution in [2.24, 2.45) is 0 Å². The third kappa shape index (κ3) is 15.3. The molecule has 0 rings (SSSR count). The van der Waals surface area contributed by atoms with Gasteiger partial charge in [-0.05, 0) is 6.42 Å². The van der Waals surface area contributed by atoms with Crippen molar-refractivity contribution in [3.8, 4) is 0 Å². The molecule has 0 unspecified atom stereocenters. The van der Waals surface area contributed by atoms with Crippen molar-refractivity contribution < 1.29 is 13.0 Å². The summed E-state index contributed by atoms with van der Waals surface area (Å²) in [5.74, 6) is -0.0842. The molecule has 0 saturated carbocycles. The van der Waals surface area contributed by atoms with Gasteiger partial charge in [-0.15, -0.1) is 0 Å². The first-order valence-electron chi connectivity index (χ1n) is 4.51. The summed E-state index contributed by atoms with van der Waals surface area (Å²) in [7, 11) is -3.72. The van der Waals surface area contributed by atoms with Crippen molar-refractivity contribution >= 4 is 29.9 Å². The predicted octanol–water partition coefficient (Wildman–Crippen LogP) is 1.05. The Hall–Kier alpha value is 0.546. The van der Waals surface area contributed by atoms with E-state index in [0.29, 0.717) is 6.42 Å². The minimum absolute atomic E-state index is 0. The van der Waals surface area contributed by atoms with Gasteiger partial charge in [0.05, 0.1) is 5.75 Å². The van der Waals surface area contributed by atoms with E-state index in [4.69, 9.17) is 4.55 Å². The topological polar surface area (TPSA) is 54.4 Å². The maximum atomic E-state index is 10.3. The molecule has 5 heteroatoms. The summed E-state index contributed by atoms with van der Waals surface area (Å²) in [6, 6.07) is 0. The van der Waals surface area contributed by atoms with Crippen molar-refractivity contribution in [1.82, 2.24) is 0 Å². The van der Waals surface area contributed by atoms with Crippen LogP contribution in [0.25, 0.3) is 0 Å². The van der Waals surface area contributed by atoms with Gasteiger partial charge >= 0.3 is 19.8 Å². The molecule has 0 spiro atoms. The van der Waals surface area contributed by atoms with Crippen LogP contribution in [0.3, 0.4) is 0 Å². The van der Waals surface area contributed by atoms with Crippen molar-refractivity contribution in [3.63, 3.8) is 0 Å². The van der Waals surface area contributed by atoms with Crippen LogP contribution in [0.2, 0.25) is 0 Å². The van der Waals surface area contributed by atoms with Gasteiger partial charge in [-0.1, -0.05) is 39.0 Å². The summed E-state index contributed by atoms with van der Waals surface area (Å²) in [6.45, 7) is 2.14. The van der Waals surface area contributed by atoms with Gasteiger partial charge in [0, 0.05) is 0 Å². The molecule has 0 aromatic heterocycles. The van der Waals surface area contributed by atoms with E-state index < -0.39 is 10.1 Å². The van der Waals surface area contributed by atoms with Crippen LogP contribution in [0.1, 0.15) is 45.4 Å². The van der Waals surface area contributed by atoms with Crippen LogP contribution < -0.4 is 0 Å². The number of hydrogen-bond acceptors (Lipinski definition) is 2. The minimum atomic E-state index is -3.72. The van der Waals surface area contributed by atoms with Gasteiger partial charge in [-0.25, -0.2) is 0 Å². The predicted molar refractivity (Wildman–Crippen MR) is 59.7 cm³/mol. The fourth-order valence-electron chi connectivity index (χ4n) is 1.06. The first-order chi connectivity index (χ1) is 5.56. The molecule has 80 valence electrons. The Balaban J connectivity index is 0. The zero-order valence-corrected chi connectivity index (χ0v) is 8.44. The molecule has 0 radical (unpaired) electrons.